The number of hydrogen-bond acceptors (Lipinski definition) is 5. The van der Waals surface area contributed by atoms with E-state index in [1.807, 2.05) is 48.5 Å². The molecular weight excluding hydrogens is 435 g/mol. The standard InChI is InChI=1S/C23H18Cl2N4O2/c1-31-12-18-21(13-5-7-16(24)8-6-13)23-27-26-22-19(29(23)28-18)10-15(11-20(22)30)14-3-2-4-17(25)9-14/h2-9,15H,10-12H2,1H3/t15-/m0/s1. The first-order chi connectivity index (χ1) is 15.0. The molecule has 2 aromatic carbocycles. The van der Waals surface area contributed by atoms with Crippen LogP contribution in [0.15, 0.2) is 48.5 Å². The van der Waals surface area contributed by atoms with Crippen molar-refractivity contribution < 1.29 is 9.53 Å². The first-order valence-electron chi connectivity index (χ1n) is 9.86. The van der Waals surface area contributed by atoms with Crippen LogP contribution in [-0.4, -0.2) is 32.7 Å². The predicted octanol–water partition coefficient (Wildman–Crippen LogP) is 5.16. The van der Waals surface area contributed by atoms with Gasteiger partial charge in [-0.15, -0.1) is 10.2 Å². The van der Waals surface area contributed by atoms with E-state index < -0.39 is 0 Å². The summed E-state index contributed by atoms with van der Waals surface area (Å²) in [5, 5.41) is 14.7. The molecule has 1 atom stereocenters. The molecule has 0 amide bonds. The van der Waals surface area contributed by atoms with Gasteiger partial charge in [-0.25, -0.2) is 4.52 Å². The lowest BCUT2D eigenvalue weighted by atomic mass is 9.83. The summed E-state index contributed by atoms with van der Waals surface area (Å²) in [6, 6.07) is 15.1. The zero-order valence-corrected chi connectivity index (χ0v) is 18.2. The van der Waals surface area contributed by atoms with Crippen molar-refractivity contribution in [3.05, 3.63) is 81.2 Å². The molecule has 0 unspecified atom stereocenters. The summed E-state index contributed by atoms with van der Waals surface area (Å²) in [7, 11) is 1.62. The number of ether oxygens (including phenoxy) is 1. The SMILES string of the molecule is COCc1nn2c3c(nnc2c1-c1ccc(Cl)cc1)C(=O)C[C@@H](c1cccc(Cl)c1)C3. The topological polar surface area (TPSA) is 69.4 Å². The normalized spacial score (nSPS) is 16.0. The number of hydrogen-bond donors (Lipinski definition) is 0. The molecule has 1 aliphatic carbocycles. The number of rotatable bonds is 4. The minimum Gasteiger partial charge on any atom is -0.378 e. The number of halogens is 2. The van der Waals surface area contributed by atoms with E-state index in [1.165, 1.54) is 0 Å². The van der Waals surface area contributed by atoms with E-state index in [-0.39, 0.29) is 11.7 Å². The van der Waals surface area contributed by atoms with Gasteiger partial charge in [0.15, 0.2) is 17.1 Å². The third-order valence-corrected chi connectivity index (χ3v) is 6.06. The average molecular weight is 453 g/mol. The van der Waals surface area contributed by atoms with E-state index in [2.05, 4.69) is 10.2 Å². The van der Waals surface area contributed by atoms with Gasteiger partial charge in [-0.2, -0.15) is 5.10 Å². The first kappa shape index (κ1) is 20.1. The van der Waals surface area contributed by atoms with Crippen LogP contribution < -0.4 is 0 Å². The second-order valence-corrected chi connectivity index (χ2v) is 8.45. The van der Waals surface area contributed by atoms with Gasteiger partial charge >= 0.3 is 0 Å². The number of fused-ring (bicyclic) bond motifs is 3. The van der Waals surface area contributed by atoms with Gasteiger partial charge in [0.25, 0.3) is 0 Å². The Morgan fingerprint density at radius 1 is 1.06 bits per heavy atom. The molecule has 2 aromatic heterocycles. The maximum absolute atomic E-state index is 12.9. The van der Waals surface area contributed by atoms with Crippen LogP contribution >= 0.6 is 23.2 Å². The Labute approximate surface area is 188 Å². The van der Waals surface area contributed by atoms with E-state index in [1.54, 1.807) is 11.6 Å². The van der Waals surface area contributed by atoms with Gasteiger partial charge in [-0.05, 0) is 47.7 Å². The number of carbonyl (C=O) groups is 1. The lowest BCUT2D eigenvalue weighted by Gasteiger charge is -2.23. The molecule has 2 heterocycles. The molecule has 5 rings (SSSR count). The molecule has 0 radical (unpaired) electrons. The molecule has 1 aliphatic rings. The van der Waals surface area contributed by atoms with Gasteiger partial charge in [0.05, 0.1) is 23.6 Å². The van der Waals surface area contributed by atoms with E-state index in [4.69, 9.17) is 33.0 Å². The van der Waals surface area contributed by atoms with Crippen LogP contribution in [0.4, 0.5) is 0 Å². The van der Waals surface area contributed by atoms with Crippen molar-refractivity contribution >= 4 is 34.6 Å². The largest absolute Gasteiger partial charge is 0.378 e. The number of nitrogens with zero attached hydrogens (tertiary/aromatic N) is 4. The molecule has 0 fully saturated rings. The van der Waals surface area contributed by atoms with Gasteiger partial charge < -0.3 is 4.74 Å². The smallest absolute Gasteiger partial charge is 0.185 e. The number of aromatic nitrogens is 4. The Bertz CT molecular complexity index is 1300. The molecule has 8 heteroatoms. The molecule has 31 heavy (non-hydrogen) atoms. The van der Waals surface area contributed by atoms with E-state index in [0.717, 1.165) is 28.1 Å². The third-order valence-electron chi connectivity index (χ3n) is 5.58. The van der Waals surface area contributed by atoms with Crippen LogP contribution in [-0.2, 0) is 17.8 Å². The maximum atomic E-state index is 12.9. The van der Waals surface area contributed by atoms with Crippen LogP contribution in [0.25, 0.3) is 16.8 Å². The number of methoxy groups -OCH3 is 1. The molecule has 0 saturated heterocycles. The van der Waals surface area contributed by atoms with Crippen molar-refractivity contribution in [1.29, 1.82) is 0 Å². The fraction of sp³-hybridized carbons (Fsp3) is 0.217. The number of Topliss-reactive ketones (excluding diaryl/α,β-unsaturated/α-hetero) is 1. The Kier molecular flexibility index (Phi) is 5.22. The molecule has 0 bridgehead atoms. The molecule has 0 spiro atoms. The third kappa shape index (κ3) is 3.61. The van der Waals surface area contributed by atoms with Gasteiger partial charge in [0.1, 0.15) is 0 Å². The number of benzene rings is 2. The lowest BCUT2D eigenvalue weighted by Crippen LogP contribution is -2.24. The van der Waals surface area contributed by atoms with Crippen LogP contribution in [0.5, 0.6) is 0 Å². The average Bonchev–Trinajstić information content (AvgIpc) is 3.13. The number of ketones is 1. The molecule has 6 nitrogen and oxygen atoms in total. The minimum absolute atomic E-state index is 0.000145. The second-order valence-electron chi connectivity index (χ2n) is 7.58. The minimum atomic E-state index is -0.0440. The van der Waals surface area contributed by atoms with Crippen LogP contribution in [0, 0.1) is 0 Å². The summed E-state index contributed by atoms with van der Waals surface area (Å²) < 4.78 is 7.13. The van der Waals surface area contributed by atoms with Crippen molar-refractivity contribution in [2.45, 2.75) is 25.4 Å². The summed E-state index contributed by atoms with van der Waals surface area (Å²) in [6.45, 7) is 0.307. The highest BCUT2D eigenvalue weighted by Gasteiger charge is 2.32. The molecule has 0 saturated carbocycles. The Balaban J connectivity index is 1.68. The van der Waals surface area contributed by atoms with Crippen molar-refractivity contribution in [2.24, 2.45) is 0 Å². The Morgan fingerprint density at radius 3 is 2.61 bits per heavy atom. The number of carbonyl (C=O) groups excluding carboxylic acids is 1. The van der Waals surface area contributed by atoms with Crippen molar-refractivity contribution in [2.75, 3.05) is 7.11 Å². The molecule has 4 aromatic rings. The summed E-state index contributed by atoms with van der Waals surface area (Å²) in [6.07, 6.45) is 0.978. The van der Waals surface area contributed by atoms with Crippen LogP contribution in [0.3, 0.4) is 0 Å². The summed E-state index contributed by atoms with van der Waals surface area (Å²) in [4.78, 5) is 12.9. The molecular formula is C23H18Cl2N4O2. The summed E-state index contributed by atoms with van der Waals surface area (Å²) in [5.74, 6) is -0.0439. The summed E-state index contributed by atoms with van der Waals surface area (Å²) in [5.41, 5.74) is 5.21. The van der Waals surface area contributed by atoms with Crippen molar-refractivity contribution in [3.63, 3.8) is 0 Å². The highest BCUT2D eigenvalue weighted by atomic mass is 35.5. The van der Waals surface area contributed by atoms with Gasteiger partial charge in [-0.1, -0.05) is 47.5 Å². The van der Waals surface area contributed by atoms with Crippen molar-refractivity contribution in [1.82, 2.24) is 19.8 Å². The van der Waals surface area contributed by atoms with Gasteiger partial charge in [-0.3, -0.25) is 4.79 Å². The van der Waals surface area contributed by atoms with Crippen LogP contribution in [0.2, 0.25) is 10.0 Å². The molecule has 0 aliphatic heterocycles. The van der Waals surface area contributed by atoms with Gasteiger partial charge in [0.2, 0.25) is 0 Å². The zero-order chi connectivity index (χ0) is 21.5. The monoisotopic (exact) mass is 452 g/mol. The van der Waals surface area contributed by atoms with E-state index in [0.29, 0.717) is 40.8 Å². The Hall–Kier alpha value is -2.80. The highest BCUT2D eigenvalue weighted by molar-refractivity contribution is 6.30. The molecule has 0 N–H and O–H groups in total. The zero-order valence-electron chi connectivity index (χ0n) is 16.7. The maximum Gasteiger partial charge on any atom is 0.185 e. The highest BCUT2D eigenvalue weighted by Crippen LogP contribution is 2.35. The second kappa shape index (κ2) is 8.04. The quantitative estimate of drug-likeness (QED) is 0.427. The molecule has 156 valence electrons. The first-order valence-corrected chi connectivity index (χ1v) is 10.6. The van der Waals surface area contributed by atoms with Gasteiger partial charge in [0, 0.05) is 23.6 Å². The summed E-state index contributed by atoms with van der Waals surface area (Å²) >= 11 is 12.3. The van der Waals surface area contributed by atoms with E-state index in [9.17, 15) is 4.79 Å². The lowest BCUT2D eigenvalue weighted by molar-refractivity contribution is 0.0955. The fourth-order valence-electron chi connectivity index (χ4n) is 4.16. The van der Waals surface area contributed by atoms with Crippen molar-refractivity contribution in [3.8, 4) is 11.1 Å². The Morgan fingerprint density at radius 2 is 1.87 bits per heavy atom. The van der Waals surface area contributed by atoms with E-state index >= 15 is 0 Å². The fourth-order valence-corrected chi connectivity index (χ4v) is 4.49. The predicted molar refractivity (Wildman–Crippen MR) is 119 cm³/mol. The van der Waals surface area contributed by atoms with Crippen LogP contribution in [0.1, 0.15) is 39.8 Å².